The van der Waals surface area contributed by atoms with Gasteiger partial charge in [0.15, 0.2) is 0 Å². The number of amides is 1. The van der Waals surface area contributed by atoms with E-state index in [0.717, 1.165) is 28.1 Å². The molecule has 0 saturated carbocycles. The molecule has 1 amide bonds. The number of carbonyl (C=O) groups excluding carboxylic acids is 2. The minimum atomic E-state index is -0.385. The standard InChI is InChI=1S/C20H20N4O3/c1-11(2)19-22-15-9-13(20(26)27-3)4-6-16(15)24(19)14-8-12-5-7-17(25)23-18(12)21-10-14/h4,6,8-11H,5,7H2,1-3H3,(H,21,23,25). The van der Waals surface area contributed by atoms with E-state index >= 15 is 0 Å². The zero-order valence-corrected chi connectivity index (χ0v) is 15.4. The molecule has 3 heterocycles. The number of pyridine rings is 1. The smallest absolute Gasteiger partial charge is 0.337 e. The number of esters is 1. The van der Waals surface area contributed by atoms with E-state index in [9.17, 15) is 9.59 Å². The molecule has 0 saturated heterocycles. The second-order valence-corrected chi connectivity index (χ2v) is 6.90. The van der Waals surface area contributed by atoms with E-state index in [-0.39, 0.29) is 17.8 Å². The summed E-state index contributed by atoms with van der Waals surface area (Å²) in [5.74, 6) is 1.29. The Bertz CT molecular complexity index is 1070. The molecule has 0 atom stereocenters. The predicted octanol–water partition coefficient (Wildman–Crippen LogP) is 3.22. The van der Waals surface area contributed by atoms with Crippen molar-refractivity contribution in [2.75, 3.05) is 12.4 Å². The van der Waals surface area contributed by atoms with Crippen molar-refractivity contribution in [2.45, 2.75) is 32.6 Å². The third kappa shape index (κ3) is 2.95. The summed E-state index contributed by atoms with van der Waals surface area (Å²) in [5, 5.41) is 2.81. The van der Waals surface area contributed by atoms with Gasteiger partial charge in [-0.25, -0.2) is 14.8 Å². The van der Waals surface area contributed by atoms with E-state index < -0.39 is 0 Å². The first kappa shape index (κ1) is 17.2. The van der Waals surface area contributed by atoms with Gasteiger partial charge in [0.25, 0.3) is 0 Å². The average molecular weight is 364 g/mol. The number of hydrogen-bond donors (Lipinski definition) is 1. The number of aromatic nitrogens is 3. The van der Waals surface area contributed by atoms with Gasteiger partial charge in [-0.05, 0) is 36.2 Å². The number of rotatable bonds is 3. The third-order valence-electron chi connectivity index (χ3n) is 4.71. The molecule has 1 N–H and O–H groups in total. The molecule has 1 aliphatic rings. The summed E-state index contributed by atoms with van der Waals surface area (Å²) in [4.78, 5) is 32.6. The number of nitrogens with one attached hydrogen (secondary N) is 1. The summed E-state index contributed by atoms with van der Waals surface area (Å²) in [6.07, 6.45) is 2.87. The molecule has 138 valence electrons. The van der Waals surface area contributed by atoms with Crippen LogP contribution < -0.4 is 5.32 Å². The Kier molecular flexibility index (Phi) is 4.14. The van der Waals surface area contributed by atoms with Crippen molar-refractivity contribution in [1.82, 2.24) is 14.5 Å². The highest BCUT2D eigenvalue weighted by Gasteiger charge is 2.20. The zero-order valence-electron chi connectivity index (χ0n) is 15.4. The Morgan fingerprint density at radius 1 is 1.26 bits per heavy atom. The summed E-state index contributed by atoms with van der Waals surface area (Å²) in [5.41, 5.74) is 3.99. The van der Waals surface area contributed by atoms with Gasteiger partial charge < -0.3 is 10.1 Å². The predicted molar refractivity (Wildman–Crippen MR) is 101 cm³/mol. The van der Waals surface area contributed by atoms with Crippen molar-refractivity contribution in [3.63, 3.8) is 0 Å². The molecule has 0 aliphatic carbocycles. The zero-order chi connectivity index (χ0) is 19.1. The summed E-state index contributed by atoms with van der Waals surface area (Å²) in [6, 6.07) is 7.41. The molecule has 0 fully saturated rings. The number of fused-ring (bicyclic) bond motifs is 2. The quantitative estimate of drug-likeness (QED) is 0.721. The van der Waals surface area contributed by atoms with Crippen molar-refractivity contribution >= 4 is 28.7 Å². The number of benzene rings is 1. The number of anilines is 1. The molecule has 0 spiro atoms. The van der Waals surface area contributed by atoms with Crippen molar-refractivity contribution < 1.29 is 14.3 Å². The number of hydrogen-bond acceptors (Lipinski definition) is 5. The number of ether oxygens (including phenoxy) is 1. The number of imidazole rings is 1. The van der Waals surface area contributed by atoms with Crippen LogP contribution in [0.25, 0.3) is 16.7 Å². The number of methoxy groups -OCH3 is 1. The fourth-order valence-corrected chi connectivity index (χ4v) is 3.37. The maximum Gasteiger partial charge on any atom is 0.337 e. The van der Waals surface area contributed by atoms with E-state index in [0.29, 0.717) is 24.2 Å². The minimum Gasteiger partial charge on any atom is -0.465 e. The molecule has 2 aromatic heterocycles. The van der Waals surface area contributed by atoms with Gasteiger partial charge in [0, 0.05) is 12.3 Å². The normalized spacial score (nSPS) is 13.6. The largest absolute Gasteiger partial charge is 0.465 e. The Balaban J connectivity index is 1.88. The second-order valence-electron chi connectivity index (χ2n) is 6.90. The maximum absolute atomic E-state index is 11.8. The van der Waals surface area contributed by atoms with Crippen LogP contribution in [0.5, 0.6) is 0 Å². The minimum absolute atomic E-state index is 0.00552. The average Bonchev–Trinajstić information content (AvgIpc) is 3.06. The molecule has 7 heteroatoms. The Labute approximate surface area is 156 Å². The number of carbonyl (C=O) groups is 2. The van der Waals surface area contributed by atoms with Crippen LogP contribution >= 0.6 is 0 Å². The molecule has 27 heavy (non-hydrogen) atoms. The van der Waals surface area contributed by atoms with E-state index in [2.05, 4.69) is 28.7 Å². The first-order chi connectivity index (χ1) is 13.0. The van der Waals surface area contributed by atoms with Crippen molar-refractivity contribution in [3.8, 4) is 5.69 Å². The highest BCUT2D eigenvalue weighted by Crippen LogP contribution is 2.29. The van der Waals surface area contributed by atoms with Gasteiger partial charge in [-0.15, -0.1) is 0 Å². The Morgan fingerprint density at radius 3 is 2.81 bits per heavy atom. The summed E-state index contributed by atoms with van der Waals surface area (Å²) < 4.78 is 6.87. The topological polar surface area (TPSA) is 86.1 Å². The first-order valence-electron chi connectivity index (χ1n) is 8.88. The van der Waals surface area contributed by atoms with Crippen LogP contribution in [0.3, 0.4) is 0 Å². The van der Waals surface area contributed by atoms with Gasteiger partial charge in [0.05, 0.1) is 35.6 Å². The van der Waals surface area contributed by atoms with Gasteiger partial charge in [-0.2, -0.15) is 0 Å². The van der Waals surface area contributed by atoms with Crippen LogP contribution in [0.1, 0.15) is 47.9 Å². The van der Waals surface area contributed by atoms with Gasteiger partial charge in [-0.3, -0.25) is 9.36 Å². The van der Waals surface area contributed by atoms with Crippen molar-refractivity contribution in [2.24, 2.45) is 0 Å². The highest BCUT2D eigenvalue weighted by molar-refractivity contribution is 5.94. The van der Waals surface area contributed by atoms with Crippen LogP contribution in [-0.4, -0.2) is 33.5 Å². The summed E-state index contributed by atoms with van der Waals surface area (Å²) >= 11 is 0. The van der Waals surface area contributed by atoms with Gasteiger partial charge in [0.2, 0.25) is 5.91 Å². The van der Waals surface area contributed by atoms with Gasteiger partial charge >= 0.3 is 5.97 Å². The van der Waals surface area contributed by atoms with Crippen molar-refractivity contribution in [3.05, 3.63) is 47.4 Å². The summed E-state index contributed by atoms with van der Waals surface area (Å²) in [7, 11) is 1.36. The van der Waals surface area contributed by atoms with Gasteiger partial charge in [0.1, 0.15) is 11.6 Å². The molecule has 1 aliphatic heterocycles. The lowest BCUT2D eigenvalue weighted by molar-refractivity contribution is -0.116. The Hall–Kier alpha value is -3.22. The summed E-state index contributed by atoms with van der Waals surface area (Å²) in [6.45, 7) is 4.15. The van der Waals surface area contributed by atoms with E-state index in [1.54, 1.807) is 18.3 Å². The van der Waals surface area contributed by atoms with Crippen LogP contribution in [-0.2, 0) is 16.0 Å². The lowest BCUT2D eigenvalue weighted by Gasteiger charge is -2.18. The Morgan fingerprint density at radius 2 is 2.07 bits per heavy atom. The monoisotopic (exact) mass is 364 g/mol. The SMILES string of the molecule is COC(=O)c1ccc2c(c1)nc(C(C)C)n2-c1cnc2c(c1)CCC(=O)N2. The fourth-order valence-electron chi connectivity index (χ4n) is 3.37. The number of nitrogens with zero attached hydrogens (tertiary/aromatic N) is 3. The molecule has 0 radical (unpaired) electrons. The molecule has 3 aromatic rings. The van der Waals surface area contributed by atoms with Crippen LogP contribution in [0.15, 0.2) is 30.5 Å². The lowest BCUT2D eigenvalue weighted by atomic mass is 10.1. The third-order valence-corrected chi connectivity index (χ3v) is 4.71. The second kappa shape index (κ2) is 6.50. The molecule has 0 unspecified atom stereocenters. The molecule has 0 bridgehead atoms. The van der Waals surface area contributed by atoms with Crippen LogP contribution in [0.4, 0.5) is 5.82 Å². The first-order valence-corrected chi connectivity index (χ1v) is 8.88. The van der Waals surface area contributed by atoms with E-state index in [1.807, 2.05) is 12.1 Å². The number of aryl methyl sites for hydroxylation is 1. The molecule has 1 aromatic carbocycles. The van der Waals surface area contributed by atoms with Crippen LogP contribution in [0, 0.1) is 0 Å². The molecular weight excluding hydrogens is 344 g/mol. The highest BCUT2D eigenvalue weighted by atomic mass is 16.5. The lowest BCUT2D eigenvalue weighted by Crippen LogP contribution is -2.20. The fraction of sp³-hybridized carbons (Fsp3) is 0.300. The molecular formula is C20H20N4O3. The van der Waals surface area contributed by atoms with Gasteiger partial charge in [-0.1, -0.05) is 13.8 Å². The van der Waals surface area contributed by atoms with E-state index in [4.69, 9.17) is 9.72 Å². The van der Waals surface area contributed by atoms with Crippen molar-refractivity contribution in [1.29, 1.82) is 0 Å². The van der Waals surface area contributed by atoms with E-state index in [1.165, 1.54) is 7.11 Å². The molecule has 4 rings (SSSR count). The molecule has 7 nitrogen and oxygen atoms in total. The maximum atomic E-state index is 11.8. The van der Waals surface area contributed by atoms with Crippen LogP contribution in [0.2, 0.25) is 0 Å².